The Balaban J connectivity index is 3.06. The Kier molecular flexibility index (Phi) is 9.26. The Morgan fingerprint density at radius 1 is 1.25 bits per heavy atom. The lowest BCUT2D eigenvalue weighted by atomic mass is 10.7. The second kappa shape index (κ2) is 9.19. The van der Waals surface area contributed by atoms with Gasteiger partial charge >= 0.3 is 0 Å². The summed E-state index contributed by atoms with van der Waals surface area (Å²) < 4.78 is 15.3. The Morgan fingerprint density at radius 3 is 2.42 bits per heavy atom. The van der Waals surface area contributed by atoms with Crippen LogP contribution in [0.2, 0.25) is 12.1 Å². The van der Waals surface area contributed by atoms with E-state index < -0.39 is 0 Å². The Hall–Kier alpha value is 0.0969. The van der Waals surface area contributed by atoms with Crippen LogP contribution in [0.4, 0.5) is 0 Å². The summed E-state index contributed by atoms with van der Waals surface area (Å²) in [7, 11) is 3.40. The SMILES string of the molecule is CC[SiH2]CCOCC(OC)OC. The Labute approximate surface area is 77.2 Å². The third-order valence-corrected chi connectivity index (χ3v) is 3.17. The summed E-state index contributed by atoms with van der Waals surface area (Å²) in [5.41, 5.74) is 0. The van der Waals surface area contributed by atoms with Gasteiger partial charge in [-0.15, -0.1) is 0 Å². The van der Waals surface area contributed by atoms with E-state index in [9.17, 15) is 0 Å². The molecule has 0 aromatic carbocycles. The molecular weight excluding hydrogens is 172 g/mol. The highest BCUT2D eigenvalue weighted by atomic mass is 28.2. The van der Waals surface area contributed by atoms with Gasteiger partial charge in [0.05, 0.1) is 6.61 Å². The highest BCUT2D eigenvalue weighted by Crippen LogP contribution is 1.93. The van der Waals surface area contributed by atoms with Gasteiger partial charge in [-0.25, -0.2) is 0 Å². The lowest BCUT2D eigenvalue weighted by molar-refractivity contribution is -0.139. The van der Waals surface area contributed by atoms with Gasteiger partial charge in [-0.3, -0.25) is 0 Å². The monoisotopic (exact) mass is 192 g/mol. The fraction of sp³-hybridized carbons (Fsp3) is 1.00. The zero-order chi connectivity index (χ0) is 9.23. The van der Waals surface area contributed by atoms with Crippen LogP contribution in [-0.2, 0) is 14.2 Å². The molecule has 0 aliphatic carbocycles. The van der Waals surface area contributed by atoms with Crippen LogP contribution in [0.25, 0.3) is 0 Å². The van der Waals surface area contributed by atoms with Crippen molar-refractivity contribution in [2.24, 2.45) is 0 Å². The lowest BCUT2D eigenvalue weighted by Crippen LogP contribution is -2.20. The molecule has 4 heteroatoms. The van der Waals surface area contributed by atoms with Gasteiger partial charge < -0.3 is 14.2 Å². The van der Waals surface area contributed by atoms with Crippen LogP contribution in [0.3, 0.4) is 0 Å². The lowest BCUT2D eigenvalue weighted by Gasteiger charge is -2.12. The van der Waals surface area contributed by atoms with E-state index in [1.54, 1.807) is 14.2 Å². The van der Waals surface area contributed by atoms with E-state index in [0.717, 1.165) is 6.61 Å². The second-order valence-electron chi connectivity index (χ2n) is 2.68. The minimum Gasteiger partial charge on any atom is -0.376 e. The maximum absolute atomic E-state index is 5.36. The number of ether oxygens (including phenoxy) is 3. The normalized spacial score (nSPS) is 12.0. The molecule has 0 unspecified atom stereocenters. The first-order valence-electron chi connectivity index (χ1n) is 4.48. The summed E-state index contributed by atoms with van der Waals surface area (Å²) >= 11 is 0. The van der Waals surface area contributed by atoms with E-state index in [-0.39, 0.29) is 15.8 Å². The molecule has 74 valence electrons. The molecule has 0 atom stereocenters. The fourth-order valence-corrected chi connectivity index (χ4v) is 1.77. The van der Waals surface area contributed by atoms with Crippen molar-refractivity contribution < 1.29 is 14.2 Å². The van der Waals surface area contributed by atoms with E-state index in [4.69, 9.17) is 14.2 Å². The highest BCUT2D eigenvalue weighted by Gasteiger charge is 2.03. The largest absolute Gasteiger partial charge is 0.376 e. The van der Waals surface area contributed by atoms with Crippen molar-refractivity contribution >= 4 is 9.52 Å². The minimum absolute atomic E-state index is 0.158. The van der Waals surface area contributed by atoms with Gasteiger partial charge in [-0.05, 0) is 6.04 Å². The average molecular weight is 192 g/mol. The first-order valence-corrected chi connectivity index (χ1v) is 6.48. The molecule has 0 fully saturated rings. The topological polar surface area (TPSA) is 27.7 Å². The van der Waals surface area contributed by atoms with E-state index in [0.29, 0.717) is 6.61 Å². The van der Waals surface area contributed by atoms with Crippen molar-refractivity contribution in [2.45, 2.75) is 25.3 Å². The van der Waals surface area contributed by atoms with Crippen LogP contribution in [-0.4, -0.2) is 43.2 Å². The standard InChI is InChI=1S/C8H20O3Si/c1-4-12-6-5-11-7-8(9-2)10-3/h8H,4-7,12H2,1-3H3. The van der Waals surface area contributed by atoms with E-state index in [2.05, 4.69) is 6.92 Å². The molecule has 0 saturated heterocycles. The molecule has 0 saturated carbocycles. The number of hydrogen-bond acceptors (Lipinski definition) is 3. The molecule has 0 aliphatic heterocycles. The highest BCUT2D eigenvalue weighted by molar-refractivity contribution is 6.35. The number of hydrogen-bond donors (Lipinski definition) is 0. The van der Waals surface area contributed by atoms with Crippen molar-refractivity contribution in [3.8, 4) is 0 Å². The quantitative estimate of drug-likeness (QED) is 0.321. The zero-order valence-corrected chi connectivity index (χ0v) is 9.75. The average Bonchev–Trinajstić information content (AvgIpc) is 2.11. The number of rotatable bonds is 8. The van der Waals surface area contributed by atoms with Crippen molar-refractivity contribution in [3.05, 3.63) is 0 Å². The van der Waals surface area contributed by atoms with Gasteiger partial charge in [0.2, 0.25) is 0 Å². The summed E-state index contributed by atoms with van der Waals surface area (Å²) in [4.78, 5) is 0. The maximum atomic E-state index is 5.36. The maximum Gasteiger partial charge on any atom is 0.180 e. The minimum atomic E-state index is -0.201. The first-order chi connectivity index (χ1) is 5.85. The van der Waals surface area contributed by atoms with Gasteiger partial charge in [0, 0.05) is 30.3 Å². The predicted octanol–water partition coefficient (Wildman–Crippen LogP) is 0.647. The van der Waals surface area contributed by atoms with Crippen LogP contribution < -0.4 is 0 Å². The smallest absolute Gasteiger partial charge is 0.180 e. The first kappa shape index (κ1) is 12.1. The molecule has 0 amide bonds. The molecule has 0 radical (unpaired) electrons. The molecule has 0 N–H and O–H groups in total. The Bertz CT molecular complexity index is 86.4. The molecule has 3 nitrogen and oxygen atoms in total. The summed E-state index contributed by atoms with van der Waals surface area (Å²) in [6.45, 7) is 3.65. The molecule has 0 heterocycles. The van der Waals surface area contributed by atoms with Gasteiger partial charge in [-0.1, -0.05) is 13.0 Å². The van der Waals surface area contributed by atoms with Crippen LogP contribution in [0.5, 0.6) is 0 Å². The molecule has 0 spiro atoms. The summed E-state index contributed by atoms with van der Waals surface area (Å²) in [5.74, 6) is 0. The van der Waals surface area contributed by atoms with E-state index >= 15 is 0 Å². The fourth-order valence-electron chi connectivity index (χ4n) is 0.866. The molecule has 0 aliphatic rings. The Morgan fingerprint density at radius 2 is 1.92 bits per heavy atom. The van der Waals surface area contributed by atoms with Crippen LogP contribution >= 0.6 is 0 Å². The molecule has 0 aromatic heterocycles. The van der Waals surface area contributed by atoms with Crippen molar-refractivity contribution in [2.75, 3.05) is 27.4 Å². The molecule has 0 rings (SSSR count). The van der Waals surface area contributed by atoms with Gasteiger partial charge in [0.1, 0.15) is 0 Å². The van der Waals surface area contributed by atoms with Gasteiger partial charge in [0.25, 0.3) is 0 Å². The molecule has 0 bridgehead atoms. The zero-order valence-electron chi connectivity index (χ0n) is 8.34. The van der Waals surface area contributed by atoms with Crippen molar-refractivity contribution in [1.29, 1.82) is 0 Å². The molecular formula is C8H20O3Si. The van der Waals surface area contributed by atoms with Crippen LogP contribution in [0, 0.1) is 0 Å². The summed E-state index contributed by atoms with van der Waals surface area (Å²) in [6.07, 6.45) is -0.201. The summed E-state index contributed by atoms with van der Waals surface area (Å²) in [5, 5.41) is 0. The van der Waals surface area contributed by atoms with Crippen molar-refractivity contribution in [1.82, 2.24) is 0 Å². The van der Waals surface area contributed by atoms with E-state index in [1.807, 2.05) is 0 Å². The second-order valence-corrected chi connectivity index (χ2v) is 5.10. The van der Waals surface area contributed by atoms with Crippen LogP contribution in [0.1, 0.15) is 6.92 Å². The predicted molar refractivity (Wildman–Crippen MR) is 52.5 cm³/mol. The molecule has 0 aromatic rings. The summed E-state index contributed by atoms with van der Waals surface area (Å²) in [6, 6.07) is 2.62. The number of methoxy groups -OCH3 is 2. The van der Waals surface area contributed by atoms with E-state index in [1.165, 1.54) is 12.1 Å². The third kappa shape index (κ3) is 6.79. The van der Waals surface area contributed by atoms with Crippen LogP contribution in [0.15, 0.2) is 0 Å². The van der Waals surface area contributed by atoms with Gasteiger partial charge in [0.15, 0.2) is 6.29 Å². The third-order valence-electron chi connectivity index (χ3n) is 1.67. The molecule has 12 heavy (non-hydrogen) atoms. The van der Waals surface area contributed by atoms with Crippen molar-refractivity contribution in [3.63, 3.8) is 0 Å². The van der Waals surface area contributed by atoms with Gasteiger partial charge in [-0.2, -0.15) is 0 Å².